The van der Waals surface area contributed by atoms with Gasteiger partial charge in [-0.2, -0.15) is 0 Å². The summed E-state index contributed by atoms with van der Waals surface area (Å²) in [5, 5.41) is 5.05. The lowest BCUT2D eigenvalue weighted by Gasteiger charge is -2.11. The molecule has 2 aromatic rings. The monoisotopic (exact) mass is 356 g/mol. The van der Waals surface area contributed by atoms with Crippen molar-refractivity contribution >= 4 is 23.5 Å². The van der Waals surface area contributed by atoms with Crippen molar-refractivity contribution in [1.82, 2.24) is 5.32 Å². The van der Waals surface area contributed by atoms with E-state index in [1.165, 1.54) is 7.11 Å². The van der Waals surface area contributed by atoms with Crippen molar-refractivity contribution in [2.45, 2.75) is 6.92 Å². The Balaban J connectivity index is 1.77. The average Bonchev–Trinajstić information content (AvgIpc) is 2.65. The first kappa shape index (κ1) is 19.0. The maximum absolute atomic E-state index is 12.0. The molecule has 0 radical (unpaired) electrons. The number of hydrogen-bond donors (Lipinski definition) is 2. The first-order valence-corrected chi connectivity index (χ1v) is 7.93. The molecule has 26 heavy (non-hydrogen) atoms. The second-order valence-electron chi connectivity index (χ2n) is 5.47. The Labute approximate surface area is 151 Å². The van der Waals surface area contributed by atoms with E-state index in [4.69, 9.17) is 9.47 Å². The van der Waals surface area contributed by atoms with E-state index in [1.807, 2.05) is 13.0 Å². The Bertz CT molecular complexity index is 790. The molecule has 2 rings (SSSR count). The summed E-state index contributed by atoms with van der Waals surface area (Å²) in [6.45, 7) is 1.17. The predicted molar refractivity (Wildman–Crippen MR) is 96.1 cm³/mol. The number of carbonyl (C=O) groups excluding carboxylic acids is 3. The van der Waals surface area contributed by atoms with Gasteiger partial charge in [0.25, 0.3) is 5.91 Å². The zero-order chi connectivity index (χ0) is 18.9. The van der Waals surface area contributed by atoms with Gasteiger partial charge in [0, 0.05) is 0 Å². The number of carbonyl (C=O) groups is 3. The molecular weight excluding hydrogens is 336 g/mol. The lowest BCUT2D eigenvalue weighted by molar-refractivity contribution is -0.126. The van der Waals surface area contributed by atoms with Crippen molar-refractivity contribution in [3.05, 3.63) is 59.7 Å². The van der Waals surface area contributed by atoms with Gasteiger partial charge in [-0.25, -0.2) is 4.79 Å². The van der Waals surface area contributed by atoms with E-state index in [-0.39, 0.29) is 6.54 Å². The van der Waals surface area contributed by atoms with Crippen molar-refractivity contribution in [3.8, 4) is 5.75 Å². The summed E-state index contributed by atoms with van der Waals surface area (Å²) in [4.78, 5) is 35.4. The van der Waals surface area contributed by atoms with E-state index >= 15 is 0 Å². The standard InChI is InChI=1S/C19H20N2O5/c1-13-8-9-16(25-2)15(10-13)21-17(22)11-20-18(23)12-26-19(24)14-6-4-3-5-7-14/h3-10H,11-12H2,1-2H3,(H,20,23)(H,21,22). The average molecular weight is 356 g/mol. The smallest absolute Gasteiger partial charge is 0.338 e. The lowest BCUT2D eigenvalue weighted by atomic mass is 10.2. The zero-order valence-corrected chi connectivity index (χ0v) is 14.6. The minimum atomic E-state index is -0.602. The number of anilines is 1. The van der Waals surface area contributed by atoms with Crippen LogP contribution in [0.15, 0.2) is 48.5 Å². The second kappa shape index (κ2) is 9.22. The number of nitrogens with one attached hydrogen (secondary N) is 2. The first-order valence-electron chi connectivity index (χ1n) is 7.93. The molecule has 0 fully saturated rings. The number of esters is 1. The van der Waals surface area contributed by atoms with E-state index in [2.05, 4.69) is 10.6 Å². The summed E-state index contributed by atoms with van der Waals surface area (Å²) < 4.78 is 10.1. The summed E-state index contributed by atoms with van der Waals surface area (Å²) >= 11 is 0. The number of amides is 2. The first-order chi connectivity index (χ1) is 12.5. The third-order valence-corrected chi connectivity index (χ3v) is 3.42. The van der Waals surface area contributed by atoms with Gasteiger partial charge in [0.2, 0.25) is 5.91 Å². The van der Waals surface area contributed by atoms with E-state index in [0.29, 0.717) is 17.0 Å². The maximum Gasteiger partial charge on any atom is 0.338 e. The van der Waals surface area contributed by atoms with Crippen molar-refractivity contribution in [1.29, 1.82) is 0 Å². The molecule has 136 valence electrons. The Morgan fingerprint density at radius 1 is 1.00 bits per heavy atom. The van der Waals surface area contributed by atoms with Crippen LogP contribution in [-0.2, 0) is 14.3 Å². The topological polar surface area (TPSA) is 93.7 Å². The molecule has 7 heteroatoms. The normalized spacial score (nSPS) is 9.92. The molecule has 0 heterocycles. The molecule has 0 aromatic heterocycles. The molecule has 2 aromatic carbocycles. The van der Waals surface area contributed by atoms with Crippen molar-refractivity contribution in [3.63, 3.8) is 0 Å². The van der Waals surface area contributed by atoms with Crippen LogP contribution in [0.2, 0.25) is 0 Å². The van der Waals surface area contributed by atoms with Crippen LogP contribution in [0.5, 0.6) is 5.75 Å². The van der Waals surface area contributed by atoms with Gasteiger partial charge in [0.15, 0.2) is 6.61 Å². The summed E-state index contributed by atoms with van der Waals surface area (Å²) in [5.41, 5.74) is 1.82. The molecule has 0 aliphatic heterocycles. The van der Waals surface area contributed by atoms with Crippen LogP contribution in [0.25, 0.3) is 0 Å². The molecular formula is C19H20N2O5. The molecule has 0 unspecified atom stereocenters. The number of aryl methyl sites for hydroxylation is 1. The molecule has 0 saturated carbocycles. The molecule has 0 saturated heterocycles. The fourth-order valence-corrected chi connectivity index (χ4v) is 2.13. The highest BCUT2D eigenvalue weighted by Gasteiger charge is 2.12. The van der Waals surface area contributed by atoms with Gasteiger partial charge >= 0.3 is 5.97 Å². The second-order valence-corrected chi connectivity index (χ2v) is 5.47. The van der Waals surface area contributed by atoms with Gasteiger partial charge in [-0.1, -0.05) is 24.3 Å². The van der Waals surface area contributed by atoms with Crippen LogP contribution in [0.1, 0.15) is 15.9 Å². The molecule has 0 aliphatic carbocycles. The highest BCUT2D eigenvalue weighted by Crippen LogP contribution is 2.24. The van der Waals surface area contributed by atoms with E-state index in [1.54, 1.807) is 42.5 Å². The Hall–Kier alpha value is -3.35. The molecule has 0 aliphatic rings. The Kier molecular flexibility index (Phi) is 6.73. The number of ether oxygens (including phenoxy) is 2. The van der Waals surface area contributed by atoms with Crippen LogP contribution in [0.4, 0.5) is 5.69 Å². The van der Waals surface area contributed by atoms with Gasteiger partial charge in [-0.15, -0.1) is 0 Å². The largest absolute Gasteiger partial charge is 0.495 e. The van der Waals surface area contributed by atoms with E-state index in [9.17, 15) is 14.4 Å². The van der Waals surface area contributed by atoms with E-state index < -0.39 is 24.4 Å². The van der Waals surface area contributed by atoms with Crippen molar-refractivity contribution < 1.29 is 23.9 Å². The zero-order valence-electron chi connectivity index (χ0n) is 14.6. The Morgan fingerprint density at radius 2 is 1.73 bits per heavy atom. The number of hydrogen-bond acceptors (Lipinski definition) is 5. The van der Waals surface area contributed by atoms with Gasteiger partial charge < -0.3 is 20.1 Å². The molecule has 2 N–H and O–H groups in total. The van der Waals surface area contributed by atoms with Gasteiger partial charge in [0.1, 0.15) is 5.75 Å². The predicted octanol–water partition coefficient (Wildman–Crippen LogP) is 1.92. The molecule has 7 nitrogen and oxygen atoms in total. The van der Waals surface area contributed by atoms with Crippen LogP contribution in [-0.4, -0.2) is 38.0 Å². The lowest BCUT2D eigenvalue weighted by Crippen LogP contribution is -2.35. The van der Waals surface area contributed by atoms with Gasteiger partial charge in [0.05, 0.1) is 24.9 Å². The summed E-state index contributed by atoms with van der Waals surface area (Å²) in [6.07, 6.45) is 0. The summed E-state index contributed by atoms with van der Waals surface area (Å²) in [6, 6.07) is 13.7. The van der Waals surface area contributed by atoms with Crippen LogP contribution in [0.3, 0.4) is 0 Å². The highest BCUT2D eigenvalue weighted by molar-refractivity contribution is 5.96. The van der Waals surface area contributed by atoms with Crippen LogP contribution < -0.4 is 15.4 Å². The van der Waals surface area contributed by atoms with E-state index in [0.717, 1.165) is 5.56 Å². The molecule has 0 atom stereocenters. The third kappa shape index (κ3) is 5.62. The van der Waals surface area contributed by atoms with Crippen LogP contribution in [0, 0.1) is 6.92 Å². The fraction of sp³-hybridized carbons (Fsp3) is 0.211. The Morgan fingerprint density at radius 3 is 2.42 bits per heavy atom. The number of methoxy groups -OCH3 is 1. The molecule has 2 amide bonds. The minimum Gasteiger partial charge on any atom is -0.495 e. The number of benzene rings is 2. The highest BCUT2D eigenvalue weighted by atomic mass is 16.5. The van der Waals surface area contributed by atoms with Crippen molar-refractivity contribution in [2.24, 2.45) is 0 Å². The maximum atomic E-state index is 12.0. The van der Waals surface area contributed by atoms with Gasteiger partial charge in [-0.05, 0) is 36.8 Å². The molecule has 0 bridgehead atoms. The van der Waals surface area contributed by atoms with Crippen molar-refractivity contribution in [2.75, 3.05) is 25.6 Å². The minimum absolute atomic E-state index is 0.251. The molecule has 0 spiro atoms. The third-order valence-electron chi connectivity index (χ3n) is 3.42. The van der Waals surface area contributed by atoms with Crippen LogP contribution >= 0.6 is 0 Å². The number of rotatable bonds is 7. The van der Waals surface area contributed by atoms with Gasteiger partial charge in [-0.3, -0.25) is 9.59 Å². The fourth-order valence-electron chi connectivity index (χ4n) is 2.13. The quantitative estimate of drug-likeness (QED) is 0.739. The SMILES string of the molecule is COc1ccc(C)cc1NC(=O)CNC(=O)COC(=O)c1ccccc1. The summed E-state index contributed by atoms with van der Waals surface area (Å²) in [7, 11) is 1.50. The summed E-state index contributed by atoms with van der Waals surface area (Å²) in [5.74, 6) is -1.07.